The van der Waals surface area contributed by atoms with E-state index in [4.69, 9.17) is 11.6 Å². The molecule has 2 aromatic rings. The minimum Gasteiger partial charge on any atom is -0.386 e. The molecule has 3 heteroatoms. The first-order valence-corrected chi connectivity index (χ1v) is 4.75. The Bertz CT molecular complexity index is 443. The molecule has 0 bridgehead atoms. The summed E-state index contributed by atoms with van der Waals surface area (Å²) in [6.45, 7) is 1.89. The van der Waals surface area contributed by atoms with Gasteiger partial charge in [0.1, 0.15) is 0 Å². The van der Waals surface area contributed by atoms with Crippen molar-refractivity contribution in [1.29, 1.82) is 0 Å². The van der Waals surface area contributed by atoms with Crippen molar-refractivity contribution in [2.75, 3.05) is 0 Å². The molecule has 0 aliphatic heterocycles. The normalized spacial score (nSPS) is 8.88. The van der Waals surface area contributed by atoms with E-state index in [2.05, 4.69) is 11.2 Å². The van der Waals surface area contributed by atoms with Gasteiger partial charge in [-0.15, -0.1) is 11.6 Å². The van der Waals surface area contributed by atoms with Crippen LogP contribution in [0.2, 0.25) is 5.02 Å². The Kier molecular flexibility index (Phi) is 7.05. The summed E-state index contributed by atoms with van der Waals surface area (Å²) in [5.41, 5.74) is 2.80. The predicted octanol–water partition coefficient (Wildman–Crippen LogP) is 3.96. The van der Waals surface area contributed by atoms with Crippen molar-refractivity contribution in [3.8, 4) is 11.3 Å². The van der Waals surface area contributed by atoms with Gasteiger partial charge in [-0.1, -0.05) is 54.0 Å². The van der Waals surface area contributed by atoms with Crippen LogP contribution in [0.3, 0.4) is 0 Å². The molecule has 2 rings (SSSR count). The summed E-state index contributed by atoms with van der Waals surface area (Å²) in [4.78, 5) is 4.20. The largest absolute Gasteiger partial charge is 0.386 e. The van der Waals surface area contributed by atoms with Crippen molar-refractivity contribution in [3.63, 3.8) is 0 Å². The third-order valence-electron chi connectivity index (χ3n) is 2.04. The summed E-state index contributed by atoms with van der Waals surface area (Å²) >= 11 is 5.99. The third kappa shape index (κ3) is 3.66. The SMILES string of the molecule is Cc1[c-]nc(-c2ccccc2)cc1Cl.[CH3-].[Y]. The topological polar surface area (TPSA) is 12.9 Å². The second-order valence-electron chi connectivity index (χ2n) is 3.09. The van der Waals surface area contributed by atoms with Crippen molar-refractivity contribution in [1.82, 2.24) is 4.98 Å². The van der Waals surface area contributed by atoms with E-state index in [1.54, 1.807) is 0 Å². The fourth-order valence-electron chi connectivity index (χ4n) is 1.21. The molecule has 0 saturated carbocycles. The van der Waals surface area contributed by atoms with Crippen LogP contribution in [0.4, 0.5) is 0 Å². The van der Waals surface area contributed by atoms with Crippen LogP contribution < -0.4 is 0 Å². The van der Waals surface area contributed by atoms with E-state index in [1.807, 2.05) is 43.3 Å². The Morgan fingerprint density at radius 3 is 2.38 bits per heavy atom. The van der Waals surface area contributed by atoms with Crippen molar-refractivity contribution < 1.29 is 32.7 Å². The van der Waals surface area contributed by atoms with Crippen LogP contribution in [0.15, 0.2) is 36.4 Å². The van der Waals surface area contributed by atoms with E-state index in [-0.39, 0.29) is 40.1 Å². The first kappa shape index (κ1) is 15.8. The van der Waals surface area contributed by atoms with Crippen molar-refractivity contribution in [2.45, 2.75) is 6.92 Å². The molecule has 0 N–H and O–H groups in total. The minimum absolute atomic E-state index is 0. The second-order valence-corrected chi connectivity index (χ2v) is 3.50. The van der Waals surface area contributed by atoms with E-state index >= 15 is 0 Å². The summed E-state index contributed by atoms with van der Waals surface area (Å²) < 4.78 is 0. The molecular weight excluding hydrogens is 295 g/mol. The maximum atomic E-state index is 5.99. The van der Waals surface area contributed by atoms with E-state index in [9.17, 15) is 0 Å². The van der Waals surface area contributed by atoms with Crippen LogP contribution >= 0.6 is 11.6 Å². The molecule has 1 aromatic heterocycles. The van der Waals surface area contributed by atoms with E-state index < -0.39 is 0 Å². The molecule has 16 heavy (non-hydrogen) atoms. The fraction of sp³-hybridized carbons (Fsp3) is 0.0769. The third-order valence-corrected chi connectivity index (χ3v) is 2.43. The van der Waals surface area contributed by atoms with Gasteiger partial charge in [0, 0.05) is 32.7 Å². The van der Waals surface area contributed by atoms with E-state index in [1.165, 1.54) is 0 Å². The van der Waals surface area contributed by atoms with Crippen LogP contribution in [-0.2, 0) is 32.7 Å². The molecule has 0 aliphatic rings. The van der Waals surface area contributed by atoms with Crippen LogP contribution in [0.1, 0.15) is 5.56 Å². The molecule has 1 nitrogen and oxygen atoms in total. The van der Waals surface area contributed by atoms with Crippen LogP contribution in [0.25, 0.3) is 11.3 Å². The molecule has 0 fully saturated rings. The molecule has 0 spiro atoms. The van der Waals surface area contributed by atoms with Gasteiger partial charge in [0.25, 0.3) is 0 Å². The van der Waals surface area contributed by atoms with Crippen LogP contribution in [0, 0.1) is 20.5 Å². The molecular formula is C13H12ClNY-2. The fourth-order valence-corrected chi connectivity index (χ4v) is 1.36. The molecule has 0 unspecified atom stereocenters. The number of aryl methyl sites for hydroxylation is 1. The Balaban J connectivity index is 0.00000112. The average Bonchev–Trinajstić information content (AvgIpc) is 2.23. The monoisotopic (exact) mass is 306 g/mol. The summed E-state index contributed by atoms with van der Waals surface area (Å²) in [7, 11) is 0. The molecule has 1 aromatic carbocycles. The van der Waals surface area contributed by atoms with Gasteiger partial charge in [-0.25, -0.2) is 0 Å². The zero-order chi connectivity index (χ0) is 9.97. The van der Waals surface area contributed by atoms with E-state index in [0.717, 1.165) is 16.8 Å². The first-order chi connectivity index (χ1) is 6.77. The zero-order valence-corrected chi connectivity index (χ0v) is 13.0. The molecule has 0 amide bonds. The Hall–Kier alpha value is -0.236. The molecule has 0 atom stereocenters. The van der Waals surface area contributed by atoms with Crippen molar-refractivity contribution in [2.24, 2.45) is 0 Å². The number of hydrogen-bond donors (Lipinski definition) is 0. The number of benzene rings is 1. The summed E-state index contributed by atoms with van der Waals surface area (Å²) in [5, 5.41) is 0.707. The van der Waals surface area contributed by atoms with Gasteiger partial charge in [0.2, 0.25) is 0 Å². The summed E-state index contributed by atoms with van der Waals surface area (Å²) in [6.07, 6.45) is 2.88. The van der Waals surface area contributed by atoms with Gasteiger partial charge in [-0.2, -0.15) is 11.6 Å². The maximum Gasteiger partial charge on any atom is 0 e. The Labute approximate surface area is 127 Å². The second kappa shape index (κ2) is 7.16. The quantitative estimate of drug-likeness (QED) is 0.727. The van der Waals surface area contributed by atoms with Gasteiger partial charge in [0.05, 0.1) is 0 Å². The molecule has 0 aliphatic carbocycles. The molecule has 0 saturated heterocycles. The van der Waals surface area contributed by atoms with Gasteiger partial charge >= 0.3 is 0 Å². The van der Waals surface area contributed by atoms with Gasteiger partial charge < -0.3 is 12.4 Å². The van der Waals surface area contributed by atoms with Crippen LogP contribution in [-0.4, -0.2) is 4.98 Å². The maximum absolute atomic E-state index is 5.99. The smallest absolute Gasteiger partial charge is 0 e. The summed E-state index contributed by atoms with van der Waals surface area (Å²) in [5.74, 6) is 0. The average molecular weight is 307 g/mol. The molecule has 81 valence electrons. The predicted molar refractivity (Wildman–Crippen MR) is 64.7 cm³/mol. The number of hydrogen-bond acceptors (Lipinski definition) is 1. The van der Waals surface area contributed by atoms with Gasteiger partial charge in [-0.05, 0) is 5.69 Å². The van der Waals surface area contributed by atoms with E-state index in [0.29, 0.717) is 5.02 Å². The number of halogens is 1. The Morgan fingerprint density at radius 2 is 1.81 bits per heavy atom. The molecule has 1 heterocycles. The Morgan fingerprint density at radius 1 is 1.19 bits per heavy atom. The zero-order valence-electron chi connectivity index (χ0n) is 9.37. The molecule has 1 radical (unpaired) electrons. The van der Waals surface area contributed by atoms with Crippen molar-refractivity contribution in [3.05, 3.63) is 60.6 Å². The number of aromatic nitrogens is 1. The summed E-state index contributed by atoms with van der Waals surface area (Å²) in [6, 6.07) is 11.8. The number of pyridine rings is 1. The van der Waals surface area contributed by atoms with Gasteiger partial charge in [0.15, 0.2) is 0 Å². The number of nitrogens with zero attached hydrogens (tertiary/aromatic N) is 1. The standard InChI is InChI=1S/C12H9ClN.CH3.Y/c1-9-8-14-12(7-11(9)13)10-5-3-2-4-6-10;;/h2-7H,1H3;1H3;/q2*-1;. The number of rotatable bonds is 1. The first-order valence-electron chi connectivity index (χ1n) is 4.37. The van der Waals surface area contributed by atoms with Gasteiger partial charge in [-0.3, -0.25) is 0 Å². The van der Waals surface area contributed by atoms with Crippen LogP contribution in [0.5, 0.6) is 0 Å². The van der Waals surface area contributed by atoms with Crippen molar-refractivity contribution >= 4 is 11.6 Å². The minimum atomic E-state index is 0.